The maximum Gasteiger partial charge on any atom is 0.349 e. The molecular weight excluding hydrogens is 512 g/mol. The Hall–Kier alpha value is -3.69. The minimum atomic E-state index is -1.03. The van der Waals surface area contributed by atoms with E-state index in [1.54, 1.807) is 31.6 Å². The van der Waals surface area contributed by atoms with Gasteiger partial charge in [0.15, 0.2) is 0 Å². The molecule has 0 saturated carbocycles. The molecule has 0 spiro atoms. The summed E-state index contributed by atoms with van der Waals surface area (Å²) < 4.78 is 0. The standard InChI is InChI=1S/C30H36N4O4S/c1-22(2)16-17-24(21-39-26-14-8-5-9-15-26)28(35)34(38)30(37)32-27(19-23-11-6-4-7-12-23)29(36)33(3)25-13-10-18-31-20-25/h4-15,18,20,22,24,27,38H,16-17,19,21H2,1-3H3,(H,32,37)/t24-,27?/m1/s1. The first-order chi connectivity index (χ1) is 18.8. The zero-order valence-electron chi connectivity index (χ0n) is 22.6. The number of hydrogen-bond acceptors (Lipinski definition) is 6. The molecule has 2 N–H and O–H groups in total. The lowest BCUT2D eigenvalue weighted by Crippen LogP contribution is -2.54. The molecule has 0 fully saturated rings. The first-order valence-electron chi connectivity index (χ1n) is 13.0. The average molecular weight is 549 g/mol. The number of pyridine rings is 1. The van der Waals surface area contributed by atoms with Crippen molar-refractivity contribution in [1.29, 1.82) is 0 Å². The molecule has 3 aromatic rings. The lowest BCUT2D eigenvalue weighted by molar-refractivity contribution is -0.157. The van der Waals surface area contributed by atoms with Crippen molar-refractivity contribution in [3.63, 3.8) is 0 Å². The molecule has 0 bridgehead atoms. The summed E-state index contributed by atoms with van der Waals surface area (Å²) in [6.45, 7) is 4.13. The van der Waals surface area contributed by atoms with E-state index in [0.717, 1.165) is 16.9 Å². The van der Waals surface area contributed by atoms with Crippen LogP contribution in [-0.2, 0) is 16.0 Å². The maximum atomic E-state index is 13.4. The summed E-state index contributed by atoms with van der Waals surface area (Å²) in [5.41, 5.74) is 1.37. The number of hydrogen-bond donors (Lipinski definition) is 2. The van der Waals surface area contributed by atoms with Gasteiger partial charge < -0.3 is 10.2 Å². The van der Waals surface area contributed by atoms with Gasteiger partial charge in [-0.1, -0.05) is 68.8 Å². The Morgan fingerprint density at radius 3 is 2.21 bits per heavy atom. The van der Waals surface area contributed by atoms with Gasteiger partial charge in [-0.2, -0.15) is 0 Å². The zero-order chi connectivity index (χ0) is 28.2. The predicted molar refractivity (Wildman–Crippen MR) is 153 cm³/mol. The molecule has 9 heteroatoms. The van der Waals surface area contributed by atoms with Crippen LogP contribution in [0.5, 0.6) is 0 Å². The molecule has 0 aliphatic rings. The quantitative estimate of drug-likeness (QED) is 0.178. The van der Waals surface area contributed by atoms with Gasteiger partial charge >= 0.3 is 6.03 Å². The van der Waals surface area contributed by atoms with Crippen LogP contribution in [0, 0.1) is 11.8 Å². The third-order valence-electron chi connectivity index (χ3n) is 6.28. The molecule has 39 heavy (non-hydrogen) atoms. The second-order valence-electron chi connectivity index (χ2n) is 9.74. The zero-order valence-corrected chi connectivity index (χ0v) is 23.4. The van der Waals surface area contributed by atoms with E-state index in [-0.39, 0.29) is 11.5 Å². The normalized spacial score (nSPS) is 12.4. The van der Waals surface area contributed by atoms with Crippen molar-refractivity contribution in [3.05, 3.63) is 90.8 Å². The van der Waals surface area contributed by atoms with Crippen molar-refractivity contribution in [2.75, 3.05) is 17.7 Å². The molecule has 206 valence electrons. The lowest BCUT2D eigenvalue weighted by Gasteiger charge is -2.27. The molecule has 0 aliphatic carbocycles. The number of aromatic nitrogens is 1. The SMILES string of the molecule is CC(C)CC[C@H](CSc1ccccc1)C(=O)N(O)C(=O)NC(Cc1ccccc1)C(=O)N(C)c1cccnc1. The minimum Gasteiger partial charge on any atom is -0.324 e. The highest BCUT2D eigenvalue weighted by Gasteiger charge is 2.32. The van der Waals surface area contributed by atoms with Crippen LogP contribution < -0.4 is 10.2 Å². The Labute approximate surface area is 234 Å². The maximum absolute atomic E-state index is 13.4. The summed E-state index contributed by atoms with van der Waals surface area (Å²) >= 11 is 1.50. The fourth-order valence-electron chi connectivity index (χ4n) is 3.97. The number of benzene rings is 2. The van der Waals surface area contributed by atoms with Crippen molar-refractivity contribution in [1.82, 2.24) is 15.4 Å². The monoisotopic (exact) mass is 548 g/mol. The van der Waals surface area contributed by atoms with Crippen LogP contribution in [0.15, 0.2) is 90.1 Å². The first kappa shape index (κ1) is 29.9. The van der Waals surface area contributed by atoms with Crippen molar-refractivity contribution >= 4 is 35.3 Å². The molecule has 4 amide bonds. The summed E-state index contributed by atoms with van der Waals surface area (Å²) in [7, 11) is 1.59. The number of nitrogens with one attached hydrogen (secondary N) is 1. The van der Waals surface area contributed by atoms with E-state index < -0.39 is 29.8 Å². The van der Waals surface area contributed by atoms with E-state index in [4.69, 9.17) is 0 Å². The van der Waals surface area contributed by atoms with Gasteiger partial charge in [0.2, 0.25) is 5.91 Å². The lowest BCUT2D eigenvalue weighted by atomic mass is 9.98. The highest BCUT2D eigenvalue weighted by atomic mass is 32.2. The van der Waals surface area contributed by atoms with E-state index >= 15 is 0 Å². The second kappa shape index (κ2) is 15.0. The number of carbonyl (C=O) groups excluding carboxylic acids is 3. The summed E-state index contributed by atoms with van der Waals surface area (Å²) in [5, 5.41) is 13.4. The molecular formula is C30H36N4O4S. The summed E-state index contributed by atoms with van der Waals surface area (Å²) in [5.74, 6) is -0.899. The third-order valence-corrected chi connectivity index (χ3v) is 7.45. The molecule has 0 saturated heterocycles. The fraction of sp³-hybridized carbons (Fsp3) is 0.333. The van der Waals surface area contributed by atoms with Crippen LogP contribution in [0.2, 0.25) is 0 Å². The van der Waals surface area contributed by atoms with Crippen LogP contribution in [0.4, 0.5) is 10.5 Å². The van der Waals surface area contributed by atoms with E-state index in [9.17, 15) is 19.6 Å². The number of thioether (sulfide) groups is 1. The largest absolute Gasteiger partial charge is 0.349 e. The topological polar surface area (TPSA) is 103 Å². The van der Waals surface area contributed by atoms with Crippen molar-refractivity contribution < 1.29 is 19.6 Å². The Kier molecular flexibility index (Phi) is 11.5. The Morgan fingerprint density at radius 2 is 1.59 bits per heavy atom. The number of imide groups is 1. The van der Waals surface area contributed by atoms with Crippen molar-refractivity contribution in [3.8, 4) is 0 Å². The van der Waals surface area contributed by atoms with E-state index in [1.807, 2.05) is 60.7 Å². The number of amides is 4. The number of nitrogens with zero attached hydrogens (tertiary/aromatic N) is 3. The van der Waals surface area contributed by atoms with Crippen molar-refractivity contribution in [2.24, 2.45) is 11.8 Å². The molecule has 1 heterocycles. The van der Waals surface area contributed by atoms with Gasteiger partial charge in [0.05, 0.1) is 17.8 Å². The van der Waals surface area contributed by atoms with Gasteiger partial charge in [0, 0.05) is 30.3 Å². The van der Waals surface area contributed by atoms with Crippen LogP contribution >= 0.6 is 11.8 Å². The number of likely N-dealkylation sites (N-methyl/N-ethyl adjacent to an activating group) is 1. The smallest absolute Gasteiger partial charge is 0.324 e. The van der Waals surface area contributed by atoms with Gasteiger partial charge in [-0.25, -0.2) is 4.79 Å². The molecule has 2 aromatic carbocycles. The van der Waals surface area contributed by atoms with Gasteiger partial charge in [-0.3, -0.25) is 19.8 Å². The fourth-order valence-corrected chi connectivity index (χ4v) is 5.02. The molecule has 0 radical (unpaired) electrons. The first-order valence-corrected chi connectivity index (χ1v) is 14.0. The van der Waals surface area contributed by atoms with Crippen LogP contribution in [-0.4, -0.2) is 51.9 Å². The molecule has 1 unspecified atom stereocenters. The number of hydroxylamine groups is 2. The highest BCUT2D eigenvalue weighted by Crippen LogP contribution is 2.25. The Morgan fingerprint density at radius 1 is 0.923 bits per heavy atom. The minimum absolute atomic E-state index is 0.131. The Balaban J connectivity index is 1.75. The van der Waals surface area contributed by atoms with E-state index in [2.05, 4.69) is 24.1 Å². The van der Waals surface area contributed by atoms with Crippen molar-refractivity contribution in [2.45, 2.75) is 44.0 Å². The van der Waals surface area contributed by atoms with Crippen LogP contribution in [0.25, 0.3) is 0 Å². The predicted octanol–water partition coefficient (Wildman–Crippen LogP) is 5.43. The molecule has 8 nitrogen and oxygen atoms in total. The third kappa shape index (κ3) is 9.23. The second-order valence-corrected chi connectivity index (χ2v) is 10.8. The molecule has 3 rings (SSSR count). The van der Waals surface area contributed by atoms with Gasteiger partial charge in [0.25, 0.3) is 5.91 Å². The average Bonchev–Trinajstić information content (AvgIpc) is 2.96. The van der Waals surface area contributed by atoms with E-state index in [1.165, 1.54) is 16.7 Å². The molecule has 2 atom stereocenters. The van der Waals surface area contributed by atoms with Gasteiger partial charge in [-0.15, -0.1) is 16.8 Å². The van der Waals surface area contributed by atoms with Crippen LogP contribution in [0.3, 0.4) is 0 Å². The summed E-state index contributed by atoms with van der Waals surface area (Å²) in [6, 6.07) is 20.3. The van der Waals surface area contributed by atoms with Crippen LogP contribution in [0.1, 0.15) is 32.3 Å². The molecule has 1 aromatic heterocycles. The number of carbonyl (C=O) groups is 3. The van der Waals surface area contributed by atoms with Gasteiger partial charge in [-0.05, 0) is 42.2 Å². The van der Waals surface area contributed by atoms with E-state index in [0.29, 0.717) is 23.8 Å². The number of urea groups is 1. The summed E-state index contributed by atoms with van der Waals surface area (Å²) in [4.78, 5) is 46.3. The highest BCUT2D eigenvalue weighted by molar-refractivity contribution is 7.99. The Bertz CT molecular complexity index is 1200. The number of rotatable bonds is 12. The summed E-state index contributed by atoms with van der Waals surface area (Å²) in [6.07, 6.45) is 4.62. The number of anilines is 1. The van der Waals surface area contributed by atoms with Gasteiger partial charge in [0.1, 0.15) is 6.04 Å². The molecule has 0 aliphatic heterocycles.